The Morgan fingerprint density at radius 3 is 2.78 bits per heavy atom. The first kappa shape index (κ1) is 11.3. The van der Waals surface area contributed by atoms with Crippen molar-refractivity contribution in [3.05, 3.63) is 34.8 Å². The van der Waals surface area contributed by atoms with Crippen LogP contribution in [0, 0.1) is 6.92 Å². The number of aromatic nitrogens is 2. The summed E-state index contributed by atoms with van der Waals surface area (Å²) < 4.78 is 0. The zero-order chi connectivity index (χ0) is 12.8. The maximum atomic E-state index is 11.2. The Bertz CT molecular complexity index is 617. The molecular weight excluding hydrogens is 248 g/mol. The average molecular weight is 260 g/mol. The molecule has 1 aromatic carbocycles. The van der Waals surface area contributed by atoms with Crippen molar-refractivity contribution in [1.82, 2.24) is 10.2 Å². The number of benzene rings is 1. The molecule has 2 aromatic rings. The van der Waals surface area contributed by atoms with Gasteiger partial charge in [0, 0.05) is 5.56 Å². The van der Waals surface area contributed by atoms with Gasteiger partial charge >= 0.3 is 5.97 Å². The molecule has 1 saturated carbocycles. The van der Waals surface area contributed by atoms with E-state index in [1.807, 2.05) is 31.2 Å². The zero-order valence-corrected chi connectivity index (χ0v) is 10.7. The number of carboxylic acid groups (broad SMARTS) is 1. The highest BCUT2D eigenvalue weighted by molar-refractivity contribution is 7.15. The van der Waals surface area contributed by atoms with Gasteiger partial charge in [-0.15, -0.1) is 10.2 Å². The van der Waals surface area contributed by atoms with Crippen molar-refractivity contribution in [3.63, 3.8) is 0 Å². The third-order valence-electron chi connectivity index (χ3n) is 3.26. The minimum atomic E-state index is -0.783. The Morgan fingerprint density at radius 2 is 2.17 bits per heavy atom. The van der Waals surface area contributed by atoms with Crippen LogP contribution in [0.1, 0.15) is 23.4 Å². The third kappa shape index (κ3) is 1.71. The number of hydrogen-bond acceptors (Lipinski definition) is 4. The van der Waals surface area contributed by atoms with Gasteiger partial charge in [0.05, 0.1) is 0 Å². The van der Waals surface area contributed by atoms with E-state index < -0.39 is 11.4 Å². The monoisotopic (exact) mass is 260 g/mol. The van der Waals surface area contributed by atoms with Crippen molar-refractivity contribution < 1.29 is 9.90 Å². The lowest BCUT2D eigenvalue weighted by Gasteiger charge is -2.02. The molecule has 3 rings (SSSR count). The first-order chi connectivity index (χ1) is 8.62. The maximum Gasteiger partial charge on any atom is 0.316 e. The molecule has 0 aliphatic heterocycles. The van der Waals surface area contributed by atoms with Crippen LogP contribution in [-0.4, -0.2) is 21.3 Å². The molecule has 1 aliphatic carbocycles. The van der Waals surface area contributed by atoms with Crippen LogP contribution in [0.2, 0.25) is 0 Å². The second kappa shape index (κ2) is 3.88. The summed E-state index contributed by atoms with van der Waals surface area (Å²) in [7, 11) is 0. The quantitative estimate of drug-likeness (QED) is 0.921. The molecule has 0 amide bonds. The minimum Gasteiger partial charge on any atom is -0.481 e. The normalized spacial score (nSPS) is 16.5. The van der Waals surface area contributed by atoms with Gasteiger partial charge in [0.1, 0.15) is 15.4 Å². The highest BCUT2D eigenvalue weighted by Gasteiger charge is 2.54. The molecule has 0 saturated heterocycles. The first-order valence-corrected chi connectivity index (χ1v) is 6.58. The highest BCUT2D eigenvalue weighted by Crippen LogP contribution is 2.50. The Labute approximate surface area is 108 Å². The average Bonchev–Trinajstić information content (AvgIpc) is 3.01. The summed E-state index contributed by atoms with van der Waals surface area (Å²) in [5, 5.41) is 18.8. The van der Waals surface area contributed by atoms with E-state index >= 15 is 0 Å². The zero-order valence-electron chi connectivity index (χ0n) is 9.88. The predicted octanol–water partition coefficient (Wildman–Crippen LogP) is 2.63. The van der Waals surface area contributed by atoms with E-state index in [-0.39, 0.29) is 0 Å². The summed E-state index contributed by atoms with van der Waals surface area (Å²) in [6.07, 6.45) is 1.34. The molecule has 18 heavy (non-hydrogen) atoms. The molecule has 0 spiro atoms. The van der Waals surface area contributed by atoms with Gasteiger partial charge in [-0.2, -0.15) is 0 Å². The van der Waals surface area contributed by atoms with E-state index in [4.69, 9.17) is 0 Å². The van der Waals surface area contributed by atoms with Crippen molar-refractivity contribution in [2.75, 3.05) is 0 Å². The Hall–Kier alpha value is -1.75. The molecule has 4 nitrogen and oxygen atoms in total. The molecule has 1 heterocycles. The fourth-order valence-corrected chi connectivity index (χ4v) is 3.03. The standard InChI is InChI=1S/C13H12N2O2S/c1-8-3-2-4-9(7-8)10-14-15-11(18-10)13(5-6-13)12(16)17/h2-4,7H,5-6H2,1H3,(H,16,17). The van der Waals surface area contributed by atoms with Crippen LogP contribution in [-0.2, 0) is 10.2 Å². The van der Waals surface area contributed by atoms with Gasteiger partial charge in [-0.25, -0.2) is 0 Å². The summed E-state index contributed by atoms with van der Waals surface area (Å²) >= 11 is 1.39. The smallest absolute Gasteiger partial charge is 0.316 e. The van der Waals surface area contributed by atoms with E-state index in [1.165, 1.54) is 11.3 Å². The van der Waals surface area contributed by atoms with Gasteiger partial charge < -0.3 is 5.11 Å². The molecule has 1 N–H and O–H groups in total. The largest absolute Gasteiger partial charge is 0.481 e. The van der Waals surface area contributed by atoms with Gasteiger partial charge in [-0.05, 0) is 25.8 Å². The fourth-order valence-electron chi connectivity index (χ4n) is 1.96. The predicted molar refractivity (Wildman–Crippen MR) is 68.6 cm³/mol. The number of aliphatic carboxylic acids is 1. The summed E-state index contributed by atoms with van der Waals surface area (Å²) in [6, 6.07) is 7.99. The number of aryl methyl sites for hydroxylation is 1. The van der Waals surface area contributed by atoms with Crippen molar-refractivity contribution in [3.8, 4) is 10.6 Å². The second-order valence-electron chi connectivity index (χ2n) is 4.67. The first-order valence-electron chi connectivity index (χ1n) is 5.76. The number of nitrogens with zero attached hydrogens (tertiary/aromatic N) is 2. The molecule has 0 unspecified atom stereocenters. The van der Waals surface area contributed by atoms with E-state index in [2.05, 4.69) is 10.2 Å². The van der Waals surface area contributed by atoms with Crippen LogP contribution in [0.5, 0.6) is 0 Å². The molecule has 1 fully saturated rings. The molecular formula is C13H12N2O2S. The van der Waals surface area contributed by atoms with Crippen molar-refractivity contribution in [1.29, 1.82) is 0 Å². The van der Waals surface area contributed by atoms with Gasteiger partial charge in [0.15, 0.2) is 0 Å². The second-order valence-corrected chi connectivity index (χ2v) is 5.65. The molecule has 5 heteroatoms. The number of rotatable bonds is 3. The van der Waals surface area contributed by atoms with Crippen LogP contribution in [0.25, 0.3) is 10.6 Å². The van der Waals surface area contributed by atoms with E-state index in [9.17, 15) is 9.90 Å². The summed E-state index contributed by atoms with van der Waals surface area (Å²) in [6.45, 7) is 2.02. The summed E-state index contributed by atoms with van der Waals surface area (Å²) in [4.78, 5) is 11.2. The van der Waals surface area contributed by atoms with Gasteiger partial charge in [0.25, 0.3) is 0 Å². The van der Waals surface area contributed by atoms with Crippen molar-refractivity contribution >= 4 is 17.3 Å². The number of carbonyl (C=O) groups is 1. The van der Waals surface area contributed by atoms with Gasteiger partial charge in [0.2, 0.25) is 0 Å². The molecule has 92 valence electrons. The van der Waals surface area contributed by atoms with E-state index in [0.717, 1.165) is 16.1 Å². The Kier molecular flexibility index (Phi) is 2.45. The van der Waals surface area contributed by atoms with Crippen molar-refractivity contribution in [2.24, 2.45) is 0 Å². The SMILES string of the molecule is Cc1cccc(-c2nnc(C3(C(=O)O)CC3)s2)c1. The summed E-state index contributed by atoms with van der Waals surface area (Å²) in [5.41, 5.74) is 1.41. The topological polar surface area (TPSA) is 63.1 Å². The highest BCUT2D eigenvalue weighted by atomic mass is 32.1. The lowest BCUT2D eigenvalue weighted by molar-refractivity contribution is -0.140. The molecule has 1 aliphatic rings. The Morgan fingerprint density at radius 1 is 1.39 bits per heavy atom. The Balaban J connectivity index is 1.98. The number of hydrogen-bond donors (Lipinski definition) is 1. The number of carboxylic acids is 1. The molecule has 0 atom stereocenters. The van der Waals surface area contributed by atoms with Gasteiger partial charge in [-0.1, -0.05) is 35.1 Å². The molecule has 0 bridgehead atoms. The van der Waals surface area contributed by atoms with Crippen molar-refractivity contribution in [2.45, 2.75) is 25.2 Å². The molecule has 1 aromatic heterocycles. The maximum absolute atomic E-state index is 11.2. The fraction of sp³-hybridized carbons (Fsp3) is 0.308. The lowest BCUT2D eigenvalue weighted by atomic mass is 10.1. The third-order valence-corrected chi connectivity index (χ3v) is 4.44. The summed E-state index contributed by atoms with van der Waals surface area (Å²) in [5.74, 6) is -0.783. The van der Waals surface area contributed by atoms with Crippen LogP contribution < -0.4 is 0 Å². The van der Waals surface area contributed by atoms with E-state index in [1.54, 1.807) is 0 Å². The van der Waals surface area contributed by atoms with Gasteiger partial charge in [-0.3, -0.25) is 4.79 Å². The molecule has 0 radical (unpaired) electrons. The van der Waals surface area contributed by atoms with Crippen LogP contribution in [0.15, 0.2) is 24.3 Å². The van der Waals surface area contributed by atoms with Crippen LogP contribution in [0.3, 0.4) is 0 Å². The van der Waals surface area contributed by atoms with Crippen LogP contribution >= 0.6 is 11.3 Å². The lowest BCUT2D eigenvalue weighted by Crippen LogP contribution is -2.19. The van der Waals surface area contributed by atoms with Crippen LogP contribution in [0.4, 0.5) is 0 Å². The minimum absolute atomic E-state index is 0.631. The van der Waals surface area contributed by atoms with E-state index in [0.29, 0.717) is 17.8 Å².